The second-order valence-electron chi connectivity index (χ2n) is 7.28. The molecule has 1 saturated heterocycles. The summed E-state index contributed by atoms with van der Waals surface area (Å²) in [5.41, 5.74) is 5.76. The molecule has 0 spiro atoms. The van der Waals surface area contributed by atoms with E-state index in [1.807, 2.05) is 23.3 Å². The molecular formula is C20H23NOS. The van der Waals surface area contributed by atoms with E-state index in [1.165, 1.54) is 27.1 Å². The zero-order valence-corrected chi connectivity index (χ0v) is 14.9. The first-order valence-corrected chi connectivity index (χ1v) is 9.32. The fraction of sp³-hybridized carbons (Fsp3) is 0.450. The highest BCUT2D eigenvalue weighted by molar-refractivity contribution is 7.13. The summed E-state index contributed by atoms with van der Waals surface area (Å²) in [6.45, 7) is 4.54. The molecule has 0 N–H and O–H groups in total. The van der Waals surface area contributed by atoms with Crippen molar-refractivity contribution < 1.29 is 4.79 Å². The Morgan fingerprint density at radius 3 is 2.83 bits per heavy atom. The Bertz CT molecular complexity index is 778. The zero-order chi connectivity index (χ0) is 16.2. The summed E-state index contributed by atoms with van der Waals surface area (Å²) in [5.74, 6) is 0.307. The van der Waals surface area contributed by atoms with Crippen LogP contribution in [-0.2, 0) is 16.6 Å². The highest BCUT2D eigenvalue weighted by Gasteiger charge is 2.46. The van der Waals surface area contributed by atoms with E-state index in [0.717, 1.165) is 19.3 Å². The normalized spacial score (nSPS) is 26.8. The number of hydrogen-bond acceptors (Lipinski definition) is 2. The minimum atomic E-state index is 0.110. The molecule has 2 heterocycles. The highest BCUT2D eigenvalue weighted by atomic mass is 32.1. The van der Waals surface area contributed by atoms with Crippen LogP contribution in [0.4, 0.5) is 0 Å². The molecular weight excluding hydrogens is 302 g/mol. The number of carbonyl (C=O) groups is 1. The van der Waals surface area contributed by atoms with Crippen molar-refractivity contribution in [3.8, 4) is 10.4 Å². The number of aryl methyl sites for hydroxylation is 2. The topological polar surface area (TPSA) is 20.3 Å². The fourth-order valence-electron chi connectivity index (χ4n) is 4.60. The van der Waals surface area contributed by atoms with E-state index in [1.54, 1.807) is 0 Å². The molecule has 1 amide bonds. The lowest BCUT2D eigenvalue weighted by molar-refractivity contribution is -0.138. The van der Waals surface area contributed by atoms with Crippen molar-refractivity contribution in [1.29, 1.82) is 0 Å². The van der Waals surface area contributed by atoms with Crippen LogP contribution in [0.15, 0.2) is 29.6 Å². The van der Waals surface area contributed by atoms with Crippen LogP contribution >= 0.6 is 11.3 Å². The number of likely N-dealkylation sites (tertiary alicyclic amines) is 1. The summed E-state index contributed by atoms with van der Waals surface area (Å²) >= 11 is 1.82. The van der Waals surface area contributed by atoms with Gasteiger partial charge in [-0.25, -0.2) is 0 Å². The summed E-state index contributed by atoms with van der Waals surface area (Å²) in [6, 6.07) is 9.55. The highest BCUT2D eigenvalue weighted by Crippen LogP contribution is 2.46. The van der Waals surface area contributed by atoms with Crippen molar-refractivity contribution in [2.75, 3.05) is 7.05 Å². The molecule has 2 aliphatic rings. The van der Waals surface area contributed by atoms with Gasteiger partial charge in [-0.1, -0.05) is 25.1 Å². The van der Waals surface area contributed by atoms with Crippen molar-refractivity contribution in [3.05, 3.63) is 46.3 Å². The lowest BCUT2D eigenvalue weighted by Gasteiger charge is -2.50. The Balaban J connectivity index is 1.78. The molecule has 1 fully saturated rings. The molecule has 1 aliphatic carbocycles. The summed E-state index contributed by atoms with van der Waals surface area (Å²) in [4.78, 5) is 15.5. The van der Waals surface area contributed by atoms with E-state index in [4.69, 9.17) is 0 Å². The lowest BCUT2D eigenvalue weighted by atomic mass is 9.63. The molecule has 4 rings (SSSR count). The van der Waals surface area contributed by atoms with Crippen LogP contribution in [0.5, 0.6) is 0 Å². The zero-order valence-electron chi connectivity index (χ0n) is 14.1. The smallest absolute Gasteiger partial charge is 0.222 e. The summed E-state index contributed by atoms with van der Waals surface area (Å²) in [5, 5.41) is 2.17. The Hall–Kier alpha value is -1.61. The number of hydrogen-bond donors (Lipinski definition) is 0. The number of likely N-dealkylation sites (N-methyl/N-ethyl adjacent to an activating group) is 1. The molecule has 2 atom stereocenters. The van der Waals surface area contributed by atoms with Crippen LogP contribution in [-0.4, -0.2) is 23.9 Å². The van der Waals surface area contributed by atoms with Crippen LogP contribution in [0, 0.1) is 6.92 Å². The van der Waals surface area contributed by atoms with Gasteiger partial charge < -0.3 is 4.90 Å². The number of rotatable bonds is 1. The molecule has 2 aromatic rings. The maximum atomic E-state index is 12.1. The van der Waals surface area contributed by atoms with Gasteiger partial charge in [-0.05, 0) is 59.9 Å². The molecule has 1 aliphatic heterocycles. The summed E-state index contributed by atoms with van der Waals surface area (Å²) in [7, 11) is 1.98. The van der Waals surface area contributed by atoms with Crippen LogP contribution in [0.1, 0.15) is 42.9 Å². The average molecular weight is 325 g/mol. The van der Waals surface area contributed by atoms with Gasteiger partial charge in [0.2, 0.25) is 5.91 Å². The SMILES string of the molecule is Cc1ccsc1-c1ccc2c(c1)CC[C@H]1N(C)C(=O)CC[C@]21C. The maximum absolute atomic E-state index is 12.1. The van der Waals surface area contributed by atoms with Crippen LogP contribution in [0.25, 0.3) is 10.4 Å². The molecule has 120 valence electrons. The van der Waals surface area contributed by atoms with E-state index in [2.05, 4.69) is 43.5 Å². The maximum Gasteiger partial charge on any atom is 0.222 e. The summed E-state index contributed by atoms with van der Waals surface area (Å²) < 4.78 is 0. The van der Waals surface area contributed by atoms with E-state index >= 15 is 0 Å². The van der Waals surface area contributed by atoms with Gasteiger partial charge in [-0.2, -0.15) is 0 Å². The first-order chi connectivity index (χ1) is 11.0. The number of amides is 1. The molecule has 0 saturated carbocycles. The van der Waals surface area contributed by atoms with Gasteiger partial charge in [0.1, 0.15) is 0 Å². The van der Waals surface area contributed by atoms with Gasteiger partial charge in [0.15, 0.2) is 0 Å². The lowest BCUT2D eigenvalue weighted by Crippen LogP contribution is -2.56. The second kappa shape index (κ2) is 5.20. The quantitative estimate of drug-likeness (QED) is 0.753. The second-order valence-corrected chi connectivity index (χ2v) is 8.20. The Morgan fingerprint density at radius 2 is 2.09 bits per heavy atom. The predicted molar refractivity (Wildman–Crippen MR) is 96.0 cm³/mol. The van der Waals surface area contributed by atoms with Crippen molar-refractivity contribution in [2.24, 2.45) is 0 Å². The van der Waals surface area contributed by atoms with Crippen LogP contribution in [0.2, 0.25) is 0 Å². The number of benzene rings is 1. The molecule has 0 unspecified atom stereocenters. The fourth-order valence-corrected chi connectivity index (χ4v) is 5.52. The third kappa shape index (κ3) is 2.17. The molecule has 1 aromatic heterocycles. The standard InChI is InChI=1S/C20H23NOS/c1-13-9-11-23-19(13)15-4-6-16-14(12-15)5-7-17-20(16,2)10-8-18(22)21(17)3/h4,6,9,11-12,17H,5,7-8,10H2,1-3H3/t17-,20-/m1/s1. The van der Waals surface area contributed by atoms with Gasteiger partial charge in [0, 0.05) is 29.8 Å². The van der Waals surface area contributed by atoms with Gasteiger partial charge in [-0.15, -0.1) is 11.3 Å². The van der Waals surface area contributed by atoms with Crippen molar-refractivity contribution in [3.63, 3.8) is 0 Å². The van der Waals surface area contributed by atoms with Crippen LogP contribution < -0.4 is 0 Å². The monoisotopic (exact) mass is 325 g/mol. The number of piperidine rings is 1. The Labute approximate surface area is 142 Å². The number of nitrogens with zero attached hydrogens (tertiary/aromatic N) is 1. The average Bonchev–Trinajstić information content (AvgIpc) is 2.97. The van der Waals surface area contributed by atoms with Gasteiger partial charge in [-0.3, -0.25) is 4.79 Å². The minimum absolute atomic E-state index is 0.110. The summed E-state index contributed by atoms with van der Waals surface area (Å²) in [6.07, 6.45) is 3.81. The van der Waals surface area contributed by atoms with E-state index < -0.39 is 0 Å². The predicted octanol–water partition coefficient (Wildman–Crippen LogP) is 4.55. The minimum Gasteiger partial charge on any atom is -0.342 e. The Morgan fingerprint density at radius 1 is 1.26 bits per heavy atom. The molecule has 1 aromatic carbocycles. The van der Waals surface area contributed by atoms with Gasteiger partial charge in [0.05, 0.1) is 0 Å². The number of thiophene rings is 1. The third-order valence-electron chi connectivity index (χ3n) is 5.99. The number of fused-ring (bicyclic) bond motifs is 3. The first-order valence-electron chi connectivity index (χ1n) is 8.44. The van der Waals surface area contributed by atoms with Crippen molar-refractivity contribution >= 4 is 17.2 Å². The van der Waals surface area contributed by atoms with E-state index in [0.29, 0.717) is 18.4 Å². The molecule has 0 radical (unpaired) electrons. The molecule has 2 nitrogen and oxygen atoms in total. The molecule has 0 bridgehead atoms. The van der Waals surface area contributed by atoms with E-state index in [9.17, 15) is 4.79 Å². The molecule has 3 heteroatoms. The van der Waals surface area contributed by atoms with Crippen molar-refractivity contribution in [2.45, 2.75) is 51.0 Å². The third-order valence-corrected chi connectivity index (χ3v) is 7.05. The number of carbonyl (C=O) groups excluding carboxylic acids is 1. The van der Waals surface area contributed by atoms with Crippen molar-refractivity contribution in [1.82, 2.24) is 4.90 Å². The Kier molecular flexibility index (Phi) is 3.38. The van der Waals surface area contributed by atoms with Crippen LogP contribution in [0.3, 0.4) is 0 Å². The first kappa shape index (κ1) is 14.9. The van der Waals surface area contributed by atoms with E-state index in [-0.39, 0.29) is 5.41 Å². The largest absolute Gasteiger partial charge is 0.342 e. The van der Waals surface area contributed by atoms with Gasteiger partial charge in [0.25, 0.3) is 0 Å². The molecule has 23 heavy (non-hydrogen) atoms. The van der Waals surface area contributed by atoms with Gasteiger partial charge >= 0.3 is 0 Å².